The summed E-state index contributed by atoms with van der Waals surface area (Å²) in [5.41, 5.74) is 1.01. The maximum Gasteiger partial charge on any atom is 0.251 e. The number of hydrogen-bond donors (Lipinski definition) is 2. The molecule has 0 saturated carbocycles. The zero-order valence-electron chi connectivity index (χ0n) is 16.5. The van der Waals surface area contributed by atoms with Crippen molar-refractivity contribution in [2.24, 2.45) is 7.05 Å². The Morgan fingerprint density at radius 3 is 2.58 bits per heavy atom. The summed E-state index contributed by atoms with van der Waals surface area (Å²) < 4.78 is 1.73. The topological polar surface area (TPSA) is 88.9 Å². The van der Waals surface area contributed by atoms with Gasteiger partial charge in [0.15, 0.2) is 11.0 Å². The number of carbonyl (C=O) groups is 2. The SMILES string of the molecule is C[C@@H](NC(=O)c1ccc(Cl)c(Cl)c1)c1nnc(SCC(=O)Nc2cccc(Cl)c2)n1C. The second kappa shape index (κ2) is 10.4. The summed E-state index contributed by atoms with van der Waals surface area (Å²) in [4.78, 5) is 24.7. The fourth-order valence-electron chi connectivity index (χ4n) is 2.70. The molecule has 3 aromatic rings. The molecule has 162 valence electrons. The van der Waals surface area contributed by atoms with E-state index >= 15 is 0 Å². The summed E-state index contributed by atoms with van der Waals surface area (Å²) in [5.74, 6) is 0.177. The Labute approximate surface area is 198 Å². The number of amides is 2. The molecule has 0 aliphatic carbocycles. The van der Waals surface area contributed by atoms with E-state index in [1.807, 2.05) is 0 Å². The lowest BCUT2D eigenvalue weighted by Gasteiger charge is -2.14. The van der Waals surface area contributed by atoms with E-state index in [9.17, 15) is 9.59 Å². The van der Waals surface area contributed by atoms with Gasteiger partial charge in [0.05, 0.1) is 21.8 Å². The number of nitrogens with one attached hydrogen (secondary N) is 2. The monoisotopic (exact) mass is 497 g/mol. The van der Waals surface area contributed by atoms with Crippen molar-refractivity contribution in [2.75, 3.05) is 11.1 Å². The van der Waals surface area contributed by atoms with Gasteiger partial charge in [-0.25, -0.2) is 0 Å². The van der Waals surface area contributed by atoms with Gasteiger partial charge in [-0.05, 0) is 43.3 Å². The molecule has 7 nitrogen and oxygen atoms in total. The molecule has 1 atom stereocenters. The number of thioether (sulfide) groups is 1. The minimum Gasteiger partial charge on any atom is -0.342 e. The molecule has 2 N–H and O–H groups in total. The van der Waals surface area contributed by atoms with Crippen molar-refractivity contribution in [3.63, 3.8) is 0 Å². The van der Waals surface area contributed by atoms with Crippen LogP contribution >= 0.6 is 46.6 Å². The lowest BCUT2D eigenvalue weighted by atomic mass is 10.2. The highest BCUT2D eigenvalue weighted by Crippen LogP contribution is 2.24. The number of halogens is 3. The molecule has 3 rings (SSSR count). The number of carbonyl (C=O) groups excluding carboxylic acids is 2. The van der Waals surface area contributed by atoms with E-state index < -0.39 is 6.04 Å². The number of nitrogens with zero attached hydrogens (tertiary/aromatic N) is 3. The summed E-state index contributed by atoms with van der Waals surface area (Å²) >= 11 is 19.0. The highest BCUT2D eigenvalue weighted by atomic mass is 35.5. The van der Waals surface area contributed by atoms with Gasteiger partial charge >= 0.3 is 0 Å². The molecule has 1 heterocycles. The number of benzene rings is 2. The van der Waals surface area contributed by atoms with Crippen LogP contribution in [0.25, 0.3) is 0 Å². The van der Waals surface area contributed by atoms with E-state index in [1.165, 1.54) is 17.8 Å². The average Bonchev–Trinajstić information content (AvgIpc) is 3.09. The van der Waals surface area contributed by atoms with Crippen LogP contribution < -0.4 is 10.6 Å². The van der Waals surface area contributed by atoms with Gasteiger partial charge in [0, 0.05) is 23.3 Å². The number of aromatic nitrogens is 3. The fraction of sp³-hybridized carbons (Fsp3) is 0.200. The van der Waals surface area contributed by atoms with Gasteiger partial charge in [-0.3, -0.25) is 9.59 Å². The third-order valence-corrected chi connectivity index (χ3v) is 6.22. The second-order valence-corrected chi connectivity index (χ2v) is 8.76. The summed E-state index contributed by atoms with van der Waals surface area (Å²) in [6.07, 6.45) is 0. The van der Waals surface area contributed by atoms with Crippen LogP contribution in [0.2, 0.25) is 15.1 Å². The van der Waals surface area contributed by atoms with Crippen molar-refractivity contribution in [1.29, 1.82) is 0 Å². The molecule has 0 saturated heterocycles. The highest BCUT2D eigenvalue weighted by Gasteiger charge is 2.19. The van der Waals surface area contributed by atoms with Crippen molar-refractivity contribution in [1.82, 2.24) is 20.1 Å². The number of rotatable bonds is 7. The van der Waals surface area contributed by atoms with Crippen LogP contribution in [0.3, 0.4) is 0 Å². The number of anilines is 1. The number of hydrogen-bond acceptors (Lipinski definition) is 5. The zero-order valence-corrected chi connectivity index (χ0v) is 19.6. The predicted molar refractivity (Wildman–Crippen MR) is 124 cm³/mol. The summed E-state index contributed by atoms with van der Waals surface area (Å²) in [5, 5.41) is 15.7. The molecule has 1 aromatic heterocycles. The van der Waals surface area contributed by atoms with Crippen LogP contribution in [0.1, 0.15) is 29.1 Å². The van der Waals surface area contributed by atoms with Crippen molar-refractivity contribution in [3.8, 4) is 0 Å². The predicted octanol–water partition coefficient (Wildman–Crippen LogP) is 5.00. The molecule has 0 radical (unpaired) electrons. The van der Waals surface area contributed by atoms with Crippen LogP contribution in [-0.2, 0) is 11.8 Å². The van der Waals surface area contributed by atoms with Gasteiger partial charge in [0.1, 0.15) is 0 Å². The minimum atomic E-state index is -0.422. The van der Waals surface area contributed by atoms with E-state index in [2.05, 4.69) is 20.8 Å². The minimum absolute atomic E-state index is 0.141. The van der Waals surface area contributed by atoms with Crippen LogP contribution in [-0.4, -0.2) is 32.3 Å². The highest BCUT2D eigenvalue weighted by molar-refractivity contribution is 7.99. The molecular weight excluding hydrogens is 481 g/mol. The molecule has 0 bridgehead atoms. The van der Waals surface area contributed by atoms with Crippen molar-refractivity contribution in [3.05, 3.63) is 68.9 Å². The first-order valence-corrected chi connectivity index (χ1v) is 11.2. The Morgan fingerprint density at radius 1 is 1.10 bits per heavy atom. The first-order chi connectivity index (χ1) is 14.7. The molecule has 2 amide bonds. The quantitative estimate of drug-likeness (QED) is 0.448. The van der Waals surface area contributed by atoms with Crippen LogP contribution in [0, 0.1) is 0 Å². The summed E-state index contributed by atoms with van der Waals surface area (Å²) in [6.45, 7) is 1.79. The lowest BCUT2D eigenvalue weighted by Crippen LogP contribution is -2.28. The van der Waals surface area contributed by atoms with Crippen LogP contribution in [0.15, 0.2) is 47.6 Å². The van der Waals surface area contributed by atoms with Gasteiger partial charge < -0.3 is 15.2 Å². The largest absolute Gasteiger partial charge is 0.342 e. The molecule has 0 unspecified atom stereocenters. The third kappa shape index (κ3) is 6.13. The average molecular weight is 499 g/mol. The van der Waals surface area contributed by atoms with Gasteiger partial charge in [-0.1, -0.05) is 52.6 Å². The van der Waals surface area contributed by atoms with E-state index in [0.29, 0.717) is 37.3 Å². The van der Waals surface area contributed by atoms with Crippen LogP contribution in [0.5, 0.6) is 0 Å². The van der Waals surface area contributed by atoms with Crippen molar-refractivity contribution in [2.45, 2.75) is 18.1 Å². The van der Waals surface area contributed by atoms with E-state index in [1.54, 1.807) is 54.9 Å². The third-order valence-electron chi connectivity index (χ3n) is 4.23. The first kappa shape index (κ1) is 23.4. The van der Waals surface area contributed by atoms with Crippen LogP contribution in [0.4, 0.5) is 5.69 Å². The van der Waals surface area contributed by atoms with Gasteiger partial charge in [0.25, 0.3) is 5.91 Å². The Hall–Kier alpha value is -2.26. The molecule has 11 heteroatoms. The molecule has 0 aliphatic heterocycles. The Bertz CT molecular complexity index is 1120. The summed E-state index contributed by atoms with van der Waals surface area (Å²) in [7, 11) is 1.77. The first-order valence-electron chi connectivity index (χ1n) is 9.08. The van der Waals surface area contributed by atoms with Gasteiger partial charge in [-0.2, -0.15) is 0 Å². The second-order valence-electron chi connectivity index (χ2n) is 6.57. The standard InChI is InChI=1S/C20H18Cl3N5O2S/c1-11(24-19(30)12-6-7-15(22)16(23)8-12)18-26-27-20(28(18)2)31-10-17(29)25-14-5-3-4-13(21)9-14/h3-9,11H,10H2,1-2H3,(H,24,30)(H,25,29)/t11-/m1/s1. The Morgan fingerprint density at radius 2 is 1.87 bits per heavy atom. The van der Waals surface area contributed by atoms with E-state index in [-0.39, 0.29) is 17.6 Å². The molecule has 0 aliphatic rings. The molecule has 0 spiro atoms. The Balaban J connectivity index is 1.59. The Kier molecular flexibility index (Phi) is 7.83. The zero-order chi connectivity index (χ0) is 22.5. The summed E-state index contributed by atoms with van der Waals surface area (Å²) in [6, 6.07) is 11.1. The fourth-order valence-corrected chi connectivity index (χ4v) is 3.91. The van der Waals surface area contributed by atoms with Gasteiger partial charge in [-0.15, -0.1) is 10.2 Å². The van der Waals surface area contributed by atoms with E-state index in [4.69, 9.17) is 34.8 Å². The molecule has 0 fully saturated rings. The normalized spacial score (nSPS) is 11.8. The maximum absolute atomic E-state index is 12.5. The van der Waals surface area contributed by atoms with Gasteiger partial charge in [0.2, 0.25) is 5.91 Å². The van der Waals surface area contributed by atoms with Crippen molar-refractivity contribution >= 4 is 64.1 Å². The molecule has 2 aromatic carbocycles. The molecular formula is C20H18Cl3N5O2S. The van der Waals surface area contributed by atoms with E-state index in [0.717, 1.165) is 0 Å². The smallest absolute Gasteiger partial charge is 0.251 e. The lowest BCUT2D eigenvalue weighted by molar-refractivity contribution is -0.113. The van der Waals surface area contributed by atoms with Crippen molar-refractivity contribution < 1.29 is 9.59 Å². The molecule has 31 heavy (non-hydrogen) atoms. The maximum atomic E-state index is 12.5.